The van der Waals surface area contributed by atoms with Gasteiger partial charge < -0.3 is 0 Å². The Morgan fingerprint density at radius 3 is 2.59 bits per heavy atom. The van der Waals surface area contributed by atoms with Gasteiger partial charge in [-0.2, -0.15) is 5.10 Å². The zero-order valence-electron chi connectivity index (χ0n) is 11.4. The SMILES string of the molecule is O=C1NC(=O)C2C(=NN(c3ccccc3)C2c2cccs2)N1. The summed E-state index contributed by atoms with van der Waals surface area (Å²) in [5.41, 5.74) is 0.879. The third-order valence-electron chi connectivity index (χ3n) is 3.71. The third-order valence-corrected chi connectivity index (χ3v) is 4.65. The van der Waals surface area contributed by atoms with Crippen LogP contribution in [0.25, 0.3) is 0 Å². The summed E-state index contributed by atoms with van der Waals surface area (Å²) in [4.78, 5) is 24.8. The first-order valence-electron chi connectivity index (χ1n) is 6.82. The summed E-state index contributed by atoms with van der Waals surface area (Å²) in [6, 6.07) is 12.8. The lowest BCUT2D eigenvalue weighted by atomic mass is 9.95. The predicted molar refractivity (Wildman–Crippen MR) is 83.6 cm³/mol. The van der Waals surface area contributed by atoms with Crippen molar-refractivity contribution in [1.29, 1.82) is 0 Å². The van der Waals surface area contributed by atoms with E-state index in [4.69, 9.17) is 0 Å². The van der Waals surface area contributed by atoms with Gasteiger partial charge in [-0.1, -0.05) is 24.3 Å². The number of thiophene rings is 1. The van der Waals surface area contributed by atoms with Crippen molar-refractivity contribution in [2.24, 2.45) is 11.0 Å². The fourth-order valence-corrected chi connectivity index (χ4v) is 3.63. The van der Waals surface area contributed by atoms with Gasteiger partial charge in [-0.15, -0.1) is 11.3 Å². The first kappa shape index (κ1) is 13.0. The van der Waals surface area contributed by atoms with Gasteiger partial charge >= 0.3 is 6.03 Å². The summed E-state index contributed by atoms with van der Waals surface area (Å²) in [7, 11) is 0. The Balaban J connectivity index is 1.82. The first-order valence-corrected chi connectivity index (χ1v) is 7.70. The molecule has 0 saturated carbocycles. The molecule has 7 heteroatoms. The number of para-hydroxylation sites is 1. The van der Waals surface area contributed by atoms with Crippen LogP contribution in [0, 0.1) is 5.92 Å². The van der Waals surface area contributed by atoms with Gasteiger partial charge in [0, 0.05) is 4.88 Å². The molecule has 1 fully saturated rings. The molecule has 22 heavy (non-hydrogen) atoms. The van der Waals surface area contributed by atoms with E-state index in [1.807, 2.05) is 47.8 Å². The quantitative estimate of drug-likeness (QED) is 0.891. The summed E-state index contributed by atoms with van der Waals surface area (Å²) >= 11 is 1.57. The minimum absolute atomic E-state index is 0.252. The van der Waals surface area contributed by atoms with Crippen molar-refractivity contribution >= 4 is 34.8 Å². The van der Waals surface area contributed by atoms with Crippen molar-refractivity contribution < 1.29 is 9.59 Å². The highest BCUT2D eigenvalue weighted by Crippen LogP contribution is 2.41. The van der Waals surface area contributed by atoms with Crippen molar-refractivity contribution in [3.63, 3.8) is 0 Å². The Morgan fingerprint density at radius 2 is 1.86 bits per heavy atom. The number of hydrazone groups is 1. The maximum absolute atomic E-state index is 12.3. The summed E-state index contributed by atoms with van der Waals surface area (Å²) in [5, 5.41) is 13.2. The molecule has 1 aromatic carbocycles. The Labute approximate surface area is 130 Å². The van der Waals surface area contributed by atoms with Gasteiger partial charge in [-0.05, 0) is 23.6 Å². The maximum Gasteiger partial charge on any atom is 0.326 e. The second kappa shape index (κ2) is 4.96. The van der Waals surface area contributed by atoms with Crippen LogP contribution in [-0.2, 0) is 4.79 Å². The van der Waals surface area contributed by atoms with Crippen molar-refractivity contribution in [3.8, 4) is 0 Å². The highest BCUT2D eigenvalue weighted by Gasteiger charge is 2.47. The second-order valence-corrected chi connectivity index (χ2v) is 6.03. The van der Waals surface area contributed by atoms with Gasteiger partial charge in [-0.25, -0.2) is 4.79 Å². The van der Waals surface area contributed by atoms with E-state index < -0.39 is 11.9 Å². The zero-order valence-corrected chi connectivity index (χ0v) is 12.2. The number of amidine groups is 1. The van der Waals surface area contributed by atoms with Crippen LogP contribution >= 0.6 is 11.3 Å². The van der Waals surface area contributed by atoms with E-state index in [0.29, 0.717) is 5.84 Å². The Hall–Kier alpha value is -2.67. The van der Waals surface area contributed by atoms with Crippen LogP contribution in [-0.4, -0.2) is 17.8 Å². The second-order valence-electron chi connectivity index (χ2n) is 5.05. The molecule has 3 heterocycles. The molecule has 0 radical (unpaired) electrons. The molecule has 0 bridgehead atoms. The lowest BCUT2D eigenvalue weighted by Gasteiger charge is -2.27. The maximum atomic E-state index is 12.3. The summed E-state index contributed by atoms with van der Waals surface area (Å²) in [5.74, 6) is -0.438. The van der Waals surface area contributed by atoms with Gasteiger partial charge in [0.2, 0.25) is 5.91 Å². The van der Waals surface area contributed by atoms with Crippen LogP contribution in [0.4, 0.5) is 10.5 Å². The van der Waals surface area contributed by atoms with E-state index in [9.17, 15) is 9.59 Å². The highest BCUT2D eigenvalue weighted by molar-refractivity contribution is 7.10. The monoisotopic (exact) mass is 312 g/mol. The number of hydrogen-bond donors (Lipinski definition) is 2. The Morgan fingerprint density at radius 1 is 1.05 bits per heavy atom. The largest absolute Gasteiger partial charge is 0.326 e. The Bertz CT molecular complexity index is 757. The van der Waals surface area contributed by atoms with E-state index in [0.717, 1.165) is 10.6 Å². The molecule has 4 rings (SSSR count). The van der Waals surface area contributed by atoms with Crippen LogP contribution in [0.15, 0.2) is 52.9 Å². The lowest BCUT2D eigenvalue weighted by Crippen LogP contribution is -2.55. The molecule has 2 aliphatic heterocycles. The summed E-state index contributed by atoms with van der Waals surface area (Å²) in [6.45, 7) is 0. The van der Waals surface area contributed by atoms with E-state index in [2.05, 4.69) is 15.7 Å². The fraction of sp³-hybridized carbons (Fsp3) is 0.133. The number of carbonyl (C=O) groups excluding carboxylic acids is 2. The highest BCUT2D eigenvalue weighted by atomic mass is 32.1. The van der Waals surface area contributed by atoms with Crippen molar-refractivity contribution in [1.82, 2.24) is 10.6 Å². The molecule has 6 nitrogen and oxygen atoms in total. The lowest BCUT2D eigenvalue weighted by molar-refractivity contribution is -0.122. The molecule has 3 amide bonds. The molecule has 110 valence electrons. The minimum atomic E-state index is -0.528. The average molecular weight is 312 g/mol. The summed E-state index contributed by atoms with van der Waals surface area (Å²) in [6.07, 6.45) is 0. The molecule has 2 aromatic rings. The van der Waals surface area contributed by atoms with Crippen LogP contribution in [0.5, 0.6) is 0 Å². The van der Waals surface area contributed by atoms with Gasteiger partial charge in [0.25, 0.3) is 0 Å². The standard InChI is InChI=1S/C15H12N4O2S/c20-14-11-12(10-7-4-8-22-10)19(9-5-2-1-3-6-9)18-13(11)16-15(21)17-14/h1-8,11-12H,(H2,16,17,18,20,21). The van der Waals surface area contributed by atoms with Crippen molar-refractivity contribution in [3.05, 3.63) is 52.7 Å². The number of carbonyl (C=O) groups is 2. The molecular weight excluding hydrogens is 300 g/mol. The normalized spacial score (nSPS) is 23.6. The van der Waals surface area contributed by atoms with Crippen molar-refractivity contribution in [2.45, 2.75) is 6.04 Å². The third kappa shape index (κ3) is 1.98. The minimum Gasteiger partial charge on any atom is -0.293 e. The number of fused-ring (bicyclic) bond motifs is 1. The van der Waals surface area contributed by atoms with Gasteiger partial charge in [0.15, 0.2) is 0 Å². The molecule has 2 atom stereocenters. The molecule has 0 spiro atoms. The average Bonchev–Trinajstić information content (AvgIpc) is 3.14. The smallest absolute Gasteiger partial charge is 0.293 e. The van der Waals surface area contributed by atoms with E-state index >= 15 is 0 Å². The molecule has 0 aliphatic carbocycles. The number of anilines is 1. The number of nitrogens with one attached hydrogen (secondary N) is 2. The van der Waals surface area contributed by atoms with Crippen LogP contribution in [0.2, 0.25) is 0 Å². The number of benzene rings is 1. The number of imide groups is 1. The van der Waals surface area contributed by atoms with Crippen LogP contribution in [0.3, 0.4) is 0 Å². The summed E-state index contributed by atoms with van der Waals surface area (Å²) < 4.78 is 0. The van der Waals surface area contributed by atoms with E-state index in [-0.39, 0.29) is 11.9 Å². The van der Waals surface area contributed by atoms with E-state index in [1.165, 1.54) is 0 Å². The zero-order chi connectivity index (χ0) is 15.1. The number of nitrogens with zero attached hydrogens (tertiary/aromatic N) is 2. The van der Waals surface area contributed by atoms with Gasteiger partial charge in [-0.3, -0.25) is 20.4 Å². The van der Waals surface area contributed by atoms with Crippen molar-refractivity contribution in [2.75, 3.05) is 5.01 Å². The topological polar surface area (TPSA) is 73.8 Å². The molecule has 1 aromatic heterocycles. The molecule has 2 N–H and O–H groups in total. The van der Waals surface area contributed by atoms with Gasteiger partial charge in [0.05, 0.1) is 5.69 Å². The molecular formula is C15H12N4O2S. The first-order chi connectivity index (χ1) is 10.7. The number of amides is 3. The number of hydrogen-bond acceptors (Lipinski definition) is 5. The number of urea groups is 1. The van der Waals surface area contributed by atoms with E-state index in [1.54, 1.807) is 16.3 Å². The predicted octanol–water partition coefficient (Wildman–Crippen LogP) is 2.08. The van der Waals surface area contributed by atoms with Crippen LogP contribution in [0.1, 0.15) is 10.9 Å². The molecule has 2 unspecified atom stereocenters. The van der Waals surface area contributed by atoms with Crippen LogP contribution < -0.4 is 15.6 Å². The number of rotatable bonds is 2. The Kier molecular flexibility index (Phi) is 2.93. The van der Waals surface area contributed by atoms with Gasteiger partial charge in [0.1, 0.15) is 17.8 Å². The fourth-order valence-electron chi connectivity index (χ4n) is 2.78. The molecule has 1 saturated heterocycles. The molecule has 2 aliphatic rings.